The van der Waals surface area contributed by atoms with Gasteiger partial charge in [-0.3, -0.25) is 0 Å². The highest BCUT2D eigenvalue weighted by molar-refractivity contribution is 7.91. The van der Waals surface area contributed by atoms with Gasteiger partial charge < -0.3 is 4.90 Å². The molecule has 34 heavy (non-hydrogen) atoms. The highest BCUT2D eigenvalue weighted by Gasteiger charge is 2.15. The molecule has 5 aromatic rings. The van der Waals surface area contributed by atoms with Crippen LogP contribution in [0.4, 0.5) is 17.1 Å². The Kier molecular flexibility index (Phi) is 7.53. The molecule has 0 aliphatic carbocycles. The predicted molar refractivity (Wildman–Crippen MR) is 139 cm³/mol. The summed E-state index contributed by atoms with van der Waals surface area (Å²) in [5, 5.41) is 0. The van der Waals surface area contributed by atoms with E-state index in [0.717, 1.165) is 0 Å². The van der Waals surface area contributed by atoms with E-state index in [1.54, 1.807) is 60.7 Å². The first kappa shape index (κ1) is 23.0. The van der Waals surface area contributed by atoms with Gasteiger partial charge in [-0.15, -0.1) is 0 Å². The topological polar surface area (TPSA) is 37.4 Å². The van der Waals surface area contributed by atoms with Gasteiger partial charge in [-0.25, -0.2) is 8.42 Å². The highest BCUT2D eigenvalue weighted by Crippen LogP contribution is 2.33. The number of anilines is 3. The smallest absolute Gasteiger partial charge is 0.206 e. The molecular weight excluding hydrogens is 438 g/mol. The van der Waals surface area contributed by atoms with Crippen molar-refractivity contribution in [3.63, 3.8) is 0 Å². The molecular formula is C30H25NO2S. The van der Waals surface area contributed by atoms with E-state index in [1.165, 1.54) is 17.1 Å². The Morgan fingerprint density at radius 2 is 0.588 bits per heavy atom. The van der Waals surface area contributed by atoms with E-state index < -0.39 is 9.84 Å². The lowest BCUT2D eigenvalue weighted by molar-refractivity contribution is 0.596. The lowest BCUT2D eigenvalue weighted by Crippen LogP contribution is -2.09. The maximum atomic E-state index is 12.0. The molecule has 0 aliphatic rings. The summed E-state index contributed by atoms with van der Waals surface area (Å²) >= 11 is 0. The minimum absolute atomic E-state index is 0.330. The van der Waals surface area contributed by atoms with E-state index in [-0.39, 0.29) is 0 Å². The van der Waals surface area contributed by atoms with Gasteiger partial charge in [0.1, 0.15) is 0 Å². The first-order valence-corrected chi connectivity index (χ1v) is 12.4. The van der Waals surface area contributed by atoms with Crippen LogP contribution in [0.5, 0.6) is 0 Å². The van der Waals surface area contributed by atoms with Gasteiger partial charge in [0.2, 0.25) is 9.84 Å². The number of benzene rings is 5. The van der Waals surface area contributed by atoms with Crippen LogP contribution in [0.25, 0.3) is 0 Å². The average Bonchev–Trinajstić information content (AvgIpc) is 2.92. The molecule has 168 valence electrons. The van der Waals surface area contributed by atoms with Crippen LogP contribution in [-0.4, -0.2) is 8.42 Å². The standard InChI is InChI=1S/C18H15N.C12H10O2S/c1-4-10-16(11-5-1)19(17-12-6-2-7-13-17)18-14-8-3-9-15-18;13-15(14,11-7-3-1-4-8-11)12-9-5-2-6-10-12/h1-15H;1-10H. The van der Waals surface area contributed by atoms with Gasteiger partial charge >= 0.3 is 0 Å². The van der Waals surface area contributed by atoms with Gasteiger partial charge in [0.25, 0.3) is 0 Å². The molecule has 0 atom stereocenters. The minimum Gasteiger partial charge on any atom is -0.311 e. The summed E-state index contributed by atoms with van der Waals surface area (Å²) in [4.78, 5) is 2.91. The molecule has 0 radical (unpaired) electrons. The summed E-state index contributed by atoms with van der Waals surface area (Å²) in [6.45, 7) is 0. The zero-order valence-electron chi connectivity index (χ0n) is 18.6. The molecule has 0 fully saturated rings. The van der Waals surface area contributed by atoms with Crippen molar-refractivity contribution in [3.8, 4) is 0 Å². The molecule has 0 spiro atoms. The van der Waals surface area contributed by atoms with Gasteiger partial charge in [0, 0.05) is 17.1 Å². The fraction of sp³-hybridized carbons (Fsp3) is 0. The van der Waals surface area contributed by atoms with Crippen LogP contribution in [0, 0.1) is 0 Å². The molecule has 0 unspecified atom stereocenters. The SMILES string of the molecule is O=S(=O)(c1ccccc1)c1ccccc1.c1ccc(N(c2ccccc2)c2ccccc2)cc1. The maximum absolute atomic E-state index is 12.0. The summed E-state index contributed by atoms with van der Waals surface area (Å²) in [5.74, 6) is 0. The zero-order valence-corrected chi connectivity index (χ0v) is 19.4. The van der Waals surface area contributed by atoms with E-state index in [2.05, 4.69) is 77.7 Å². The zero-order chi connectivity index (χ0) is 23.6. The predicted octanol–water partition coefficient (Wildman–Crippen LogP) is 7.68. The monoisotopic (exact) mass is 463 g/mol. The van der Waals surface area contributed by atoms with Gasteiger partial charge in [-0.05, 0) is 60.7 Å². The van der Waals surface area contributed by atoms with Crippen LogP contribution in [-0.2, 0) is 9.84 Å². The molecule has 5 aromatic carbocycles. The lowest BCUT2D eigenvalue weighted by Gasteiger charge is -2.25. The molecule has 0 saturated carbocycles. The largest absolute Gasteiger partial charge is 0.311 e. The molecule has 0 amide bonds. The van der Waals surface area contributed by atoms with E-state index in [4.69, 9.17) is 0 Å². The quantitative estimate of drug-likeness (QED) is 0.268. The molecule has 3 nitrogen and oxygen atoms in total. The molecule has 0 saturated heterocycles. The van der Waals surface area contributed by atoms with Crippen LogP contribution in [0.2, 0.25) is 0 Å². The Bertz CT molecular complexity index is 1240. The van der Waals surface area contributed by atoms with Crippen molar-refractivity contribution in [3.05, 3.63) is 152 Å². The summed E-state index contributed by atoms with van der Waals surface area (Å²) in [6, 6.07) is 48.1. The number of para-hydroxylation sites is 3. The van der Waals surface area contributed by atoms with Crippen molar-refractivity contribution >= 4 is 26.9 Å². The first-order chi connectivity index (χ1) is 16.7. The highest BCUT2D eigenvalue weighted by atomic mass is 32.2. The molecule has 0 aromatic heterocycles. The maximum Gasteiger partial charge on any atom is 0.206 e. The molecule has 0 heterocycles. The number of sulfone groups is 1. The second-order valence-corrected chi connectivity index (χ2v) is 9.42. The van der Waals surface area contributed by atoms with Crippen LogP contribution >= 0.6 is 0 Å². The Morgan fingerprint density at radius 3 is 0.853 bits per heavy atom. The van der Waals surface area contributed by atoms with Crippen LogP contribution in [0.1, 0.15) is 0 Å². The van der Waals surface area contributed by atoms with E-state index in [1.807, 2.05) is 18.2 Å². The van der Waals surface area contributed by atoms with Crippen molar-refractivity contribution in [2.75, 3.05) is 4.90 Å². The minimum atomic E-state index is -3.34. The number of rotatable bonds is 5. The third-order valence-corrected chi connectivity index (χ3v) is 6.94. The number of hydrogen-bond acceptors (Lipinski definition) is 3. The molecule has 4 heteroatoms. The second-order valence-electron chi connectivity index (χ2n) is 7.47. The fourth-order valence-electron chi connectivity index (χ4n) is 3.51. The summed E-state index contributed by atoms with van der Waals surface area (Å²) < 4.78 is 24.1. The molecule has 0 bridgehead atoms. The average molecular weight is 464 g/mol. The second kappa shape index (κ2) is 11.1. The van der Waals surface area contributed by atoms with Gasteiger partial charge in [0.15, 0.2) is 0 Å². The molecule has 0 N–H and O–H groups in total. The number of hydrogen-bond donors (Lipinski definition) is 0. The molecule has 5 rings (SSSR count). The van der Waals surface area contributed by atoms with E-state index in [0.29, 0.717) is 9.79 Å². The van der Waals surface area contributed by atoms with E-state index >= 15 is 0 Å². The van der Waals surface area contributed by atoms with Gasteiger partial charge in [-0.2, -0.15) is 0 Å². The number of nitrogens with zero attached hydrogens (tertiary/aromatic N) is 1. The first-order valence-electron chi connectivity index (χ1n) is 11.0. The van der Waals surface area contributed by atoms with Crippen LogP contribution in [0.3, 0.4) is 0 Å². The Hall–Kier alpha value is -4.15. The third-order valence-electron chi connectivity index (χ3n) is 5.15. The summed E-state index contributed by atoms with van der Waals surface area (Å²) in [5.41, 5.74) is 3.50. The fourth-order valence-corrected chi connectivity index (χ4v) is 4.82. The molecule has 0 aliphatic heterocycles. The van der Waals surface area contributed by atoms with Crippen molar-refractivity contribution < 1.29 is 8.42 Å². The Morgan fingerprint density at radius 1 is 0.353 bits per heavy atom. The third kappa shape index (κ3) is 5.61. The van der Waals surface area contributed by atoms with Gasteiger partial charge in [0.05, 0.1) is 9.79 Å². The van der Waals surface area contributed by atoms with Crippen LogP contribution in [0.15, 0.2) is 161 Å². The lowest BCUT2D eigenvalue weighted by atomic mass is 10.2. The van der Waals surface area contributed by atoms with Crippen molar-refractivity contribution in [1.29, 1.82) is 0 Å². The van der Waals surface area contributed by atoms with E-state index in [9.17, 15) is 8.42 Å². The Balaban J connectivity index is 0.000000166. The normalized spacial score (nSPS) is 10.6. The summed E-state index contributed by atoms with van der Waals surface area (Å²) in [6.07, 6.45) is 0. The van der Waals surface area contributed by atoms with Crippen LogP contribution < -0.4 is 4.90 Å². The van der Waals surface area contributed by atoms with Crippen molar-refractivity contribution in [2.45, 2.75) is 9.79 Å². The Labute approximate surface area is 201 Å². The van der Waals surface area contributed by atoms with Crippen molar-refractivity contribution in [1.82, 2.24) is 0 Å². The summed E-state index contributed by atoms with van der Waals surface area (Å²) in [7, 11) is -3.34. The van der Waals surface area contributed by atoms with Crippen molar-refractivity contribution in [2.24, 2.45) is 0 Å². The van der Waals surface area contributed by atoms with Gasteiger partial charge in [-0.1, -0.05) is 91.0 Å².